The molecule has 0 bridgehead atoms. The molecular formula is C19H23N5O. The molecular weight excluding hydrogens is 314 g/mol. The van der Waals surface area contributed by atoms with Gasteiger partial charge in [-0.05, 0) is 37.2 Å². The number of imidazole rings is 1. The van der Waals surface area contributed by atoms with E-state index in [2.05, 4.69) is 26.2 Å². The Hall–Kier alpha value is -2.37. The van der Waals surface area contributed by atoms with Gasteiger partial charge in [0.15, 0.2) is 5.65 Å². The smallest absolute Gasteiger partial charge is 0.222 e. The van der Waals surface area contributed by atoms with Gasteiger partial charge < -0.3 is 9.88 Å². The molecule has 0 radical (unpaired) electrons. The summed E-state index contributed by atoms with van der Waals surface area (Å²) >= 11 is 0. The number of aromatic nitrogens is 4. The van der Waals surface area contributed by atoms with Gasteiger partial charge in [0.2, 0.25) is 5.91 Å². The number of piperidine rings is 1. The van der Waals surface area contributed by atoms with E-state index < -0.39 is 0 Å². The molecule has 1 saturated heterocycles. The molecule has 0 unspecified atom stereocenters. The van der Waals surface area contributed by atoms with Gasteiger partial charge >= 0.3 is 0 Å². The van der Waals surface area contributed by atoms with Gasteiger partial charge in [0.25, 0.3) is 0 Å². The summed E-state index contributed by atoms with van der Waals surface area (Å²) in [7, 11) is 0. The summed E-state index contributed by atoms with van der Waals surface area (Å²) in [4.78, 5) is 27.0. The minimum Gasteiger partial charge on any atom is -0.345 e. The number of carbonyl (C=O) groups is 1. The third-order valence-corrected chi connectivity index (χ3v) is 5.89. The molecule has 1 saturated carbocycles. The first-order valence-corrected chi connectivity index (χ1v) is 9.28. The Morgan fingerprint density at radius 3 is 2.96 bits per heavy atom. The zero-order chi connectivity index (χ0) is 17.0. The van der Waals surface area contributed by atoms with Gasteiger partial charge in [-0.3, -0.25) is 9.20 Å². The number of hydrogen-bond acceptors (Lipinski definition) is 3. The SMILES string of the molecule is C[C@@H]1CCN(C(=O)CC2CC2)C[C@@H]1c1ncc2cnc3[nH]ccc3n12. The van der Waals surface area contributed by atoms with Gasteiger partial charge in [-0.25, -0.2) is 9.97 Å². The Morgan fingerprint density at radius 2 is 2.12 bits per heavy atom. The highest BCUT2D eigenvalue weighted by atomic mass is 16.2. The van der Waals surface area contributed by atoms with E-state index in [0.717, 1.165) is 48.4 Å². The van der Waals surface area contributed by atoms with Crippen LogP contribution in [0.3, 0.4) is 0 Å². The second-order valence-electron chi connectivity index (χ2n) is 7.71. The highest BCUT2D eigenvalue weighted by molar-refractivity contribution is 5.77. The second kappa shape index (κ2) is 5.58. The lowest BCUT2D eigenvalue weighted by Crippen LogP contribution is -2.42. The van der Waals surface area contributed by atoms with Crippen LogP contribution in [0.4, 0.5) is 0 Å². The zero-order valence-electron chi connectivity index (χ0n) is 14.5. The molecule has 3 aromatic heterocycles. The van der Waals surface area contributed by atoms with E-state index >= 15 is 0 Å². The molecule has 1 amide bonds. The summed E-state index contributed by atoms with van der Waals surface area (Å²) in [6.45, 7) is 3.94. The summed E-state index contributed by atoms with van der Waals surface area (Å²) < 4.78 is 2.20. The fourth-order valence-electron chi connectivity index (χ4n) is 4.09. The second-order valence-corrected chi connectivity index (χ2v) is 7.71. The molecule has 2 aliphatic rings. The van der Waals surface area contributed by atoms with Gasteiger partial charge in [0, 0.05) is 31.6 Å². The van der Waals surface area contributed by atoms with Gasteiger partial charge in [-0.2, -0.15) is 0 Å². The maximum Gasteiger partial charge on any atom is 0.222 e. The third-order valence-electron chi connectivity index (χ3n) is 5.89. The summed E-state index contributed by atoms with van der Waals surface area (Å²) in [6.07, 6.45) is 9.89. The van der Waals surface area contributed by atoms with E-state index in [0.29, 0.717) is 17.7 Å². The number of aromatic amines is 1. The van der Waals surface area contributed by atoms with Crippen LogP contribution < -0.4 is 0 Å². The van der Waals surface area contributed by atoms with Crippen molar-refractivity contribution in [2.45, 2.75) is 38.5 Å². The average molecular weight is 337 g/mol. The number of likely N-dealkylation sites (tertiary alicyclic amines) is 1. The number of rotatable bonds is 3. The highest BCUT2D eigenvalue weighted by Gasteiger charge is 2.34. The molecule has 4 heterocycles. The maximum absolute atomic E-state index is 12.6. The molecule has 130 valence electrons. The number of nitrogens with one attached hydrogen (secondary N) is 1. The lowest BCUT2D eigenvalue weighted by Gasteiger charge is -2.36. The number of fused-ring (bicyclic) bond motifs is 3. The quantitative estimate of drug-likeness (QED) is 0.799. The first kappa shape index (κ1) is 14.9. The van der Waals surface area contributed by atoms with Crippen molar-refractivity contribution in [3.05, 3.63) is 30.5 Å². The molecule has 1 N–H and O–H groups in total. The molecule has 1 aliphatic heterocycles. The lowest BCUT2D eigenvalue weighted by molar-refractivity contribution is -0.133. The summed E-state index contributed by atoms with van der Waals surface area (Å²) in [5, 5.41) is 0. The van der Waals surface area contributed by atoms with E-state index in [4.69, 9.17) is 4.98 Å². The average Bonchev–Trinajstić information content (AvgIpc) is 3.13. The summed E-state index contributed by atoms with van der Waals surface area (Å²) in [6, 6.07) is 2.05. The Balaban J connectivity index is 1.51. The van der Waals surface area contributed by atoms with E-state index in [1.54, 1.807) is 0 Å². The fourth-order valence-corrected chi connectivity index (χ4v) is 4.09. The van der Waals surface area contributed by atoms with E-state index in [1.807, 2.05) is 24.7 Å². The van der Waals surface area contributed by atoms with E-state index in [-0.39, 0.29) is 5.92 Å². The molecule has 1 aliphatic carbocycles. The van der Waals surface area contributed by atoms with E-state index in [9.17, 15) is 4.79 Å². The van der Waals surface area contributed by atoms with Crippen LogP contribution in [0.25, 0.3) is 16.7 Å². The van der Waals surface area contributed by atoms with Crippen LogP contribution in [0.15, 0.2) is 24.7 Å². The minimum atomic E-state index is 0.264. The van der Waals surface area contributed by atoms with Crippen molar-refractivity contribution < 1.29 is 4.79 Å². The van der Waals surface area contributed by atoms with Crippen LogP contribution in [0.5, 0.6) is 0 Å². The van der Waals surface area contributed by atoms with E-state index in [1.165, 1.54) is 12.8 Å². The zero-order valence-corrected chi connectivity index (χ0v) is 14.5. The van der Waals surface area contributed by atoms with Crippen molar-refractivity contribution in [2.75, 3.05) is 13.1 Å². The molecule has 5 rings (SSSR count). The van der Waals surface area contributed by atoms with Crippen molar-refractivity contribution in [1.82, 2.24) is 24.3 Å². The number of hydrogen-bond donors (Lipinski definition) is 1. The predicted molar refractivity (Wildman–Crippen MR) is 95.3 cm³/mol. The molecule has 6 nitrogen and oxygen atoms in total. The fraction of sp³-hybridized carbons (Fsp3) is 0.526. The predicted octanol–water partition coefficient (Wildman–Crippen LogP) is 2.96. The molecule has 2 atom stereocenters. The topological polar surface area (TPSA) is 66.3 Å². The number of nitrogens with zero attached hydrogens (tertiary/aromatic N) is 4. The Kier molecular flexibility index (Phi) is 3.33. The number of amides is 1. The van der Waals surface area contributed by atoms with Crippen molar-refractivity contribution in [3.8, 4) is 0 Å². The molecule has 2 fully saturated rings. The van der Waals surface area contributed by atoms with Crippen LogP contribution in [0.2, 0.25) is 0 Å². The standard InChI is InChI=1S/C19H23N5O/c1-12-5-7-23(17(25)8-13-2-3-13)11-15(12)19-22-10-14-9-21-18-16(24(14)19)4-6-20-18/h4,6,9-10,12-13,15,20H,2-3,5,7-8,11H2,1H3/t12-,15+/m1/s1. The minimum absolute atomic E-state index is 0.264. The summed E-state index contributed by atoms with van der Waals surface area (Å²) in [5.74, 6) is 2.80. The largest absolute Gasteiger partial charge is 0.345 e. The summed E-state index contributed by atoms with van der Waals surface area (Å²) in [5.41, 5.74) is 2.94. The van der Waals surface area contributed by atoms with Crippen LogP contribution in [0.1, 0.15) is 44.3 Å². The normalized spacial score (nSPS) is 24.3. The Morgan fingerprint density at radius 1 is 1.28 bits per heavy atom. The Labute approximate surface area is 146 Å². The van der Waals surface area contributed by atoms with Crippen LogP contribution in [-0.2, 0) is 4.79 Å². The van der Waals surface area contributed by atoms with Gasteiger partial charge in [-0.1, -0.05) is 6.92 Å². The van der Waals surface area contributed by atoms with Crippen molar-refractivity contribution in [2.24, 2.45) is 11.8 Å². The number of carbonyl (C=O) groups excluding carboxylic acids is 1. The van der Waals surface area contributed by atoms with Crippen LogP contribution in [0, 0.1) is 11.8 Å². The maximum atomic E-state index is 12.6. The van der Waals surface area contributed by atoms with Gasteiger partial charge in [0.1, 0.15) is 5.82 Å². The number of H-pyrrole nitrogens is 1. The molecule has 6 heteroatoms. The third kappa shape index (κ3) is 2.51. The lowest BCUT2D eigenvalue weighted by atomic mass is 9.86. The van der Waals surface area contributed by atoms with Gasteiger partial charge in [0.05, 0.1) is 23.4 Å². The van der Waals surface area contributed by atoms with Crippen LogP contribution in [-0.4, -0.2) is 43.2 Å². The first-order chi connectivity index (χ1) is 12.2. The Bertz CT molecular complexity index is 938. The first-order valence-electron chi connectivity index (χ1n) is 9.28. The molecule has 0 aromatic carbocycles. The van der Waals surface area contributed by atoms with Crippen molar-refractivity contribution in [1.29, 1.82) is 0 Å². The van der Waals surface area contributed by atoms with Crippen LogP contribution >= 0.6 is 0 Å². The monoisotopic (exact) mass is 337 g/mol. The molecule has 0 spiro atoms. The molecule has 3 aromatic rings. The van der Waals surface area contributed by atoms with Gasteiger partial charge in [-0.15, -0.1) is 0 Å². The molecule has 25 heavy (non-hydrogen) atoms. The van der Waals surface area contributed by atoms with Crippen molar-refractivity contribution in [3.63, 3.8) is 0 Å². The van der Waals surface area contributed by atoms with Crippen molar-refractivity contribution >= 4 is 22.6 Å². The highest BCUT2D eigenvalue weighted by Crippen LogP contribution is 2.36.